The first kappa shape index (κ1) is 24.7. The van der Waals surface area contributed by atoms with E-state index in [1.54, 1.807) is 0 Å². The van der Waals surface area contributed by atoms with Crippen LogP contribution in [0.5, 0.6) is 5.75 Å². The fraction of sp³-hybridized carbons (Fsp3) is 0.565. The monoisotopic (exact) mass is 431 g/mol. The van der Waals surface area contributed by atoms with Gasteiger partial charge in [-0.2, -0.15) is 0 Å². The SMILES string of the molecule is CC/C=C1/CNCCOc2ccccc2CCCNC(=O)C(CN(C)C)NC(=O)CN1. The van der Waals surface area contributed by atoms with Crippen molar-refractivity contribution in [3.05, 3.63) is 41.6 Å². The maximum atomic E-state index is 12.7. The molecule has 1 aromatic rings. The number of aryl methyl sites for hydroxylation is 1. The molecule has 0 spiro atoms. The van der Waals surface area contributed by atoms with E-state index in [0.717, 1.165) is 36.3 Å². The van der Waals surface area contributed by atoms with Crippen molar-refractivity contribution in [2.75, 3.05) is 53.4 Å². The van der Waals surface area contributed by atoms with Crippen molar-refractivity contribution in [3.8, 4) is 5.75 Å². The molecule has 1 atom stereocenters. The molecule has 1 unspecified atom stereocenters. The Morgan fingerprint density at radius 2 is 1.94 bits per heavy atom. The van der Waals surface area contributed by atoms with Crippen molar-refractivity contribution in [1.82, 2.24) is 26.2 Å². The number of para-hydroxylation sites is 1. The van der Waals surface area contributed by atoms with E-state index in [4.69, 9.17) is 4.74 Å². The first-order valence-electron chi connectivity index (χ1n) is 11.1. The summed E-state index contributed by atoms with van der Waals surface area (Å²) in [5.41, 5.74) is 2.08. The largest absolute Gasteiger partial charge is 0.492 e. The van der Waals surface area contributed by atoms with Crippen LogP contribution in [0.15, 0.2) is 36.0 Å². The molecule has 8 nitrogen and oxygen atoms in total. The first-order valence-corrected chi connectivity index (χ1v) is 11.1. The van der Waals surface area contributed by atoms with E-state index in [2.05, 4.69) is 40.3 Å². The van der Waals surface area contributed by atoms with E-state index >= 15 is 0 Å². The van der Waals surface area contributed by atoms with Gasteiger partial charge in [0.05, 0.1) is 6.54 Å². The Kier molecular flexibility index (Phi) is 10.9. The zero-order valence-electron chi connectivity index (χ0n) is 19.0. The second-order valence-corrected chi connectivity index (χ2v) is 7.90. The topological polar surface area (TPSA) is 94.7 Å². The smallest absolute Gasteiger partial charge is 0.243 e. The van der Waals surface area contributed by atoms with Gasteiger partial charge in [0.25, 0.3) is 0 Å². The van der Waals surface area contributed by atoms with Crippen LogP contribution in [0, 0.1) is 0 Å². The van der Waals surface area contributed by atoms with Gasteiger partial charge in [0, 0.05) is 31.9 Å². The summed E-state index contributed by atoms with van der Waals surface area (Å²) >= 11 is 0. The highest BCUT2D eigenvalue weighted by Gasteiger charge is 2.21. The predicted molar refractivity (Wildman–Crippen MR) is 123 cm³/mol. The fourth-order valence-electron chi connectivity index (χ4n) is 3.37. The van der Waals surface area contributed by atoms with Gasteiger partial charge in [0.1, 0.15) is 18.4 Å². The molecule has 0 aliphatic carbocycles. The lowest BCUT2D eigenvalue weighted by atomic mass is 10.1. The summed E-state index contributed by atoms with van der Waals surface area (Å²) in [6.07, 6.45) is 4.52. The van der Waals surface area contributed by atoms with Crippen molar-refractivity contribution < 1.29 is 14.3 Å². The summed E-state index contributed by atoms with van der Waals surface area (Å²) in [6, 6.07) is 7.42. The maximum Gasteiger partial charge on any atom is 0.243 e. The van der Waals surface area contributed by atoms with Crippen molar-refractivity contribution in [2.45, 2.75) is 32.2 Å². The van der Waals surface area contributed by atoms with Crippen molar-refractivity contribution >= 4 is 11.8 Å². The summed E-state index contributed by atoms with van der Waals surface area (Å²) in [7, 11) is 3.77. The van der Waals surface area contributed by atoms with Crippen LogP contribution in [0.1, 0.15) is 25.3 Å². The third-order valence-electron chi connectivity index (χ3n) is 4.87. The molecule has 2 amide bonds. The van der Waals surface area contributed by atoms with E-state index in [-0.39, 0.29) is 18.4 Å². The van der Waals surface area contributed by atoms with E-state index in [0.29, 0.717) is 32.8 Å². The van der Waals surface area contributed by atoms with Crippen LogP contribution in [0.25, 0.3) is 0 Å². The second-order valence-electron chi connectivity index (χ2n) is 7.90. The molecule has 0 saturated carbocycles. The number of amides is 2. The summed E-state index contributed by atoms with van der Waals surface area (Å²) in [5, 5.41) is 12.4. The molecule has 31 heavy (non-hydrogen) atoms. The third kappa shape index (κ3) is 9.40. The summed E-state index contributed by atoms with van der Waals surface area (Å²) in [6.45, 7) is 5.02. The zero-order valence-corrected chi connectivity index (χ0v) is 19.0. The lowest BCUT2D eigenvalue weighted by molar-refractivity contribution is -0.128. The number of rotatable bonds is 3. The van der Waals surface area contributed by atoms with Gasteiger partial charge in [-0.1, -0.05) is 31.2 Å². The molecule has 172 valence electrons. The standard InChI is InChI=1S/C23H37N5O3/c1-4-8-19-15-24-13-14-31-21-11-6-5-9-18(21)10-7-12-25-23(30)20(17-28(2)3)27-22(29)16-26-19/h5-6,8-9,11,20,24,26H,4,7,10,12-17H2,1-3H3,(H,25,30)(H,27,29)/b19-8-. The van der Waals surface area contributed by atoms with Crippen LogP contribution in [0.2, 0.25) is 0 Å². The zero-order chi connectivity index (χ0) is 22.5. The van der Waals surface area contributed by atoms with Crippen molar-refractivity contribution in [3.63, 3.8) is 0 Å². The molecule has 4 N–H and O–H groups in total. The predicted octanol–water partition coefficient (Wildman–Crippen LogP) is 0.647. The van der Waals surface area contributed by atoms with Crippen molar-refractivity contribution in [1.29, 1.82) is 0 Å². The normalized spacial score (nSPS) is 21.2. The van der Waals surface area contributed by atoms with Gasteiger partial charge in [-0.25, -0.2) is 0 Å². The second kappa shape index (κ2) is 13.7. The minimum atomic E-state index is -0.601. The molecular weight excluding hydrogens is 394 g/mol. The molecule has 8 heteroatoms. The molecule has 1 aliphatic heterocycles. The number of fused-ring (bicyclic) bond motifs is 1. The number of hydrogen-bond donors (Lipinski definition) is 4. The van der Waals surface area contributed by atoms with Crippen LogP contribution in [-0.4, -0.2) is 76.2 Å². The molecule has 0 fully saturated rings. The number of carbonyl (C=O) groups excluding carboxylic acids is 2. The summed E-state index contributed by atoms with van der Waals surface area (Å²) in [5.74, 6) is 0.512. The number of likely N-dealkylation sites (N-methyl/N-ethyl adjacent to an activating group) is 1. The Morgan fingerprint density at radius 1 is 1.13 bits per heavy atom. The number of carbonyl (C=O) groups is 2. The molecule has 0 bridgehead atoms. The van der Waals surface area contributed by atoms with Crippen LogP contribution in [-0.2, 0) is 16.0 Å². The number of nitrogens with one attached hydrogen (secondary N) is 4. The molecule has 0 saturated heterocycles. The van der Waals surface area contributed by atoms with Gasteiger partial charge in [0.15, 0.2) is 0 Å². The van der Waals surface area contributed by atoms with E-state index in [1.807, 2.05) is 37.2 Å². The summed E-state index contributed by atoms with van der Waals surface area (Å²) < 4.78 is 5.97. The molecule has 1 heterocycles. The number of ether oxygens (including phenoxy) is 1. The fourth-order valence-corrected chi connectivity index (χ4v) is 3.37. The molecule has 2 rings (SSSR count). The Hall–Kier alpha value is -2.58. The Balaban J connectivity index is 2.09. The van der Waals surface area contributed by atoms with E-state index in [1.165, 1.54) is 0 Å². The highest BCUT2D eigenvalue weighted by atomic mass is 16.5. The average Bonchev–Trinajstić information content (AvgIpc) is 2.74. The Morgan fingerprint density at radius 3 is 2.71 bits per heavy atom. The summed E-state index contributed by atoms with van der Waals surface area (Å²) in [4.78, 5) is 27.0. The number of allylic oxidation sites excluding steroid dienone is 1. The van der Waals surface area contributed by atoms with Crippen LogP contribution in [0.3, 0.4) is 0 Å². The minimum absolute atomic E-state index is 0.120. The van der Waals surface area contributed by atoms with Crippen LogP contribution in [0.4, 0.5) is 0 Å². The quantitative estimate of drug-likeness (QED) is 0.561. The van der Waals surface area contributed by atoms with Gasteiger partial charge >= 0.3 is 0 Å². The minimum Gasteiger partial charge on any atom is -0.492 e. The molecular formula is C23H37N5O3. The van der Waals surface area contributed by atoms with Gasteiger partial charge in [0.2, 0.25) is 11.8 Å². The van der Waals surface area contributed by atoms with Gasteiger partial charge < -0.3 is 30.9 Å². The molecule has 0 aromatic heterocycles. The van der Waals surface area contributed by atoms with Crippen LogP contribution >= 0.6 is 0 Å². The number of hydrogen-bond acceptors (Lipinski definition) is 6. The van der Waals surface area contributed by atoms with Gasteiger partial charge in [-0.05, 0) is 45.0 Å². The van der Waals surface area contributed by atoms with Crippen LogP contribution < -0.4 is 26.0 Å². The molecule has 0 radical (unpaired) electrons. The highest BCUT2D eigenvalue weighted by molar-refractivity contribution is 5.88. The van der Waals surface area contributed by atoms with E-state index in [9.17, 15) is 9.59 Å². The van der Waals surface area contributed by atoms with Gasteiger partial charge in [-0.15, -0.1) is 0 Å². The average molecular weight is 432 g/mol. The highest BCUT2D eigenvalue weighted by Crippen LogP contribution is 2.19. The lowest BCUT2D eigenvalue weighted by Gasteiger charge is -2.22. The first-order chi connectivity index (χ1) is 15.0. The van der Waals surface area contributed by atoms with Gasteiger partial charge in [-0.3, -0.25) is 9.59 Å². The molecule has 1 aromatic carbocycles. The number of nitrogens with zero attached hydrogens (tertiary/aromatic N) is 1. The van der Waals surface area contributed by atoms with E-state index < -0.39 is 6.04 Å². The number of benzene rings is 1. The third-order valence-corrected chi connectivity index (χ3v) is 4.87. The lowest BCUT2D eigenvalue weighted by Crippen LogP contribution is -2.53. The molecule has 1 aliphatic rings. The Bertz CT molecular complexity index is 736. The maximum absolute atomic E-state index is 12.7. The van der Waals surface area contributed by atoms with Crippen molar-refractivity contribution in [2.24, 2.45) is 0 Å². The Labute approximate surface area is 185 Å².